The van der Waals surface area contributed by atoms with Crippen molar-refractivity contribution in [2.24, 2.45) is 5.92 Å². The lowest BCUT2D eigenvalue weighted by Crippen LogP contribution is -2.28. The highest BCUT2D eigenvalue weighted by molar-refractivity contribution is 6.34. The van der Waals surface area contributed by atoms with Crippen LogP contribution in [0.5, 0.6) is 5.75 Å². The highest BCUT2D eigenvalue weighted by atomic mass is 35.5. The van der Waals surface area contributed by atoms with E-state index in [1.165, 1.54) is 7.11 Å². The Labute approximate surface area is 173 Å². The summed E-state index contributed by atoms with van der Waals surface area (Å²) < 4.78 is 10.8. The summed E-state index contributed by atoms with van der Waals surface area (Å²) in [6, 6.07) is 1.85. The van der Waals surface area contributed by atoms with Gasteiger partial charge in [-0.15, -0.1) is 0 Å². The van der Waals surface area contributed by atoms with Gasteiger partial charge in [-0.3, -0.25) is 9.59 Å². The van der Waals surface area contributed by atoms with Crippen LogP contribution < -0.4 is 15.4 Å². The van der Waals surface area contributed by atoms with Crippen LogP contribution >= 0.6 is 11.6 Å². The number of aromatic nitrogens is 1. The lowest BCUT2D eigenvalue weighted by atomic mass is 9.87. The quantitative estimate of drug-likeness (QED) is 0.640. The molecule has 0 bridgehead atoms. The van der Waals surface area contributed by atoms with Crippen LogP contribution in [0.3, 0.4) is 0 Å². The molecule has 1 aromatic carbocycles. The smallest absolute Gasteiger partial charge is 0.306 e. The van der Waals surface area contributed by atoms with Gasteiger partial charge in [0.05, 0.1) is 30.6 Å². The van der Waals surface area contributed by atoms with Crippen molar-refractivity contribution in [2.45, 2.75) is 45.3 Å². The second kappa shape index (κ2) is 7.30. The van der Waals surface area contributed by atoms with Crippen LogP contribution in [0.4, 0.5) is 5.69 Å². The predicted octanol–water partition coefficient (Wildman–Crippen LogP) is 3.96. The van der Waals surface area contributed by atoms with Crippen LogP contribution in [0, 0.1) is 5.92 Å². The molecule has 8 heteroatoms. The number of carbonyl (C=O) groups is 2. The molecule has 4 rings (SSSR count). The summed E-state index contributed by atoms with van der Waals surface area (Å²) in [6.45, 7) is 4.43. The average Bonchev–Trinajstić information content (AvgIpc) is 3.15. The van der Waals surface area contributed by atoms with Gasteiger partial charge in [-0.2, -0.15) is 0 Å². The van der Waals surface area contributed by atoms with Gasteiger partial charge in [0.2, 0.25) is 5.91 Å². The number of fused-ring (bicyclic) bond motifs is 3. The zero-order chi connectivity index (χ0) is 20.8. The maximum absolute atomic E-state index is 12.8. The first-order chi connectivity index (χ1) is 13.8. The third kappa shape index (κ3) is 3.55. The number of cyclic esters (lactones) is 1. The zero-order valence-electron chi connectivity index (χ0n) is 16.6. The molecule has 7 nitrogen and oxygen atoms in total. The molecule has 3 N–H and O–H groups in total. The van der Waals surface area contributed by atoms with Gasteiger partial charge in [-0.1, -0.05) is 11.6 Å². The normalized spacial score (nSPS) is 19.6. The molecule has 2 aromatic rings. The molecule has 1 unspecified atom stereocenters. The molecule has 0 spiro atoms. The Kier molecular flexibility index (Phi) is 4.94. The van der Waals surface area contributed by atoms with Gasteiger partial charge in [0.15, 0.2) is 5.75 Å². The monoisotopic (exact) mass is 417 g/mol. The molecule has 1 fully saturated rings. The number of rotatable bonds is 5. The van der Waals surface area contributed by atoms with Crippen molar-refractivity contribution in [3.63, 3.8) is 0 Å². The summed E-state index contributed by atoms with van der Waals surface area (Å²) in [5.41, 5.74) is 2.82. The SMILES string of the molecule is COc1c(Cl)cc2c3c([nH]c2c1NC(=O)CCC1CC(=O)OC1(C)C)CNC=C3. The first-order valence-electron chi connectivity index (χ1n) is 9.63. The van der Waals surface area contributed by atoms with E-state index in [0.29, 0.717) is 35.8 Å². The number of aromatic amines is 1. The summed E-state index contributed by atoms with van der Waals surface area (Å²) in [6.07, 6.45) is 5.03. The van der Waals surface area contributed by atoms with E-state index in [-0.39, 0.29) is 24.2 Å². The Bertz CT molecular complexity index is 1020. The molecule has 1 saturated heterocycles. The number of amides is 1. The molecule has 3 heterocycles. The Hall–Kier alpha value is -2.67. The van der Waals surface area contributed by atoms with Crippen molar-refractivity contribution in [1.82, 2.24) is 10.3 Å². The molecular formula is C21H24ClN3O4. The van der Waals surface area contributed by atoms with E-state index < -0.39 is 5.60 Å². The number of halogens is 1. The number of nitrogens with one attached hydrogen (secondary N) is 3. The molecule has 2 aliphatic rings. The van der Waals surface area contributed by atoms with Gasteiger partial charge in [-0.05, 0) is 38.6 Å². The molecule has 2 aliphatic heterocycles. The van der Waals surface area contributed by atoms with E-state index in [4.69, 9.17) is 21.1 Å². The largest absolute Gasteiger partial charge is 0.493 e. The lowest BCUT2D eigenvalue weighted by molar-refractivity contribution is -0.146. The fourth-order valence-electron chi connectivity index (χ4n) is 4.13. The van der Waals surface area contributed by atoms with Gasteiger partial charge >= 0.3 is 5.97 Å². The van der Waals surface area contributed by atoms with Crippen LogP contribution in [-0.2, 0) is 20.9 Å². The first kappa shape index (κ1) is 19.6. The second-order valence-electron chi connectivity index (χ2n) is 7.99. The van der Waals surface area contributed by atoms with Crippen molar-refractivity contribution in [1.29, 1.82) is 0 Å². The van der Waals surface area contributed by atoms with Crippen molar-refractivity contribution in [3.05, 3.63) is 28.5 Å². The summed E-state index contributed by atoms with van der Waals surface area (Å²) in [5.74, 6) is 0.0549. The predicted molar refractivity (Wildman–Crippen MR) is 112 cm³/mol. The number of esters is 1. The summed E-state index contributed by atoms with van der Waals surface area (Å²) in [5, 5.41) is 7.49. The fraction of sp³-hybridized carbons (Fsp3) is 0.429. The Morgan fingerprint density at radius 1 is 1.45 bits per heavy atom. The van der Waals surface area contributed by atoms with Crippen molar-refractivity contribution in [3.8, 4) is 5.75 Å². The number of ether oxygens (including phenoxy) is 2. The van der Waals surface area contributed by atoms with Crippen molar-refractivity contribution < 1.29 is 19.1 Å². The fourth-order valence-corrected chi connectivity index (χ4v) is 4.41. The Balaban J connectivity index is 1.60. The van der Waals surface area contributed by atoms with Crippen molar-refractivity contribution in [2.75, 3.05) is 12.4 Å². The number of H-pyrrole nitrogens is 1. The number of methoxy groups -OCH3 is 1. The minimum atomic E-state index is -0.545. The number of anilines is 1. The zero-order valence-corrected chi connectivity index (χ0v) is 17.4. The molecule has 0 saturated carbocycles. The average molecular weight is 418 g/mol. The second-order valence-corrected chi connectivity index (χ2v) is 8.39. The van der Waals surface area contributed by atoms with Gasteiger partial charge in [-0.25, -0.2) is 0 Å². The molecular weight excluding hydrogens is 394 g/mol. The number of hydrogen-bond donors (Lipinski definition) is 3. The topological polar surface area (TPSA) is 92.5 Å². The van der Waals surface area contributed by atoms with Crippen LogP contribution in [0.1, 0.15) is 44.4 Å². The highest BCUT2D eigenvalue weighted by Gasteiger charge is 2.41. The van der Waals surface area contributed by atoms with Crippen LogP contribution in [-0.4, -0.2) is 29.6 Å². The van der Waals surface area contributed by atoms with E-state index in [1.54, 1.807) is 0 Å². The molecule has 0 radical (unpaired) electrons. The van der Waals surface area contributed by atoms with E-state index in [9.17, 15) is 9.59 Å². The molecule has 1 amide bonds. The van der Waals surface area contributed by atoms with Gasteiger partial charge in [0.1, 0.15) is 11.3 Å². The van der Waals surface area contributed by atoms with Gasteiger partial charge < -0.3 is 25.1 Å². The number of carbonyl (C=O) groups excluding carboxylic acids is 2. The highest BCUT2D eigenvalue weighted by Crippen LogP contribution is 2.42. The van der Waals surface area contributed by atoms with Crippen LogP contribution in [0.2, 0.25) is 5.02 Å². The first-order valence-corrected chi connectivity index (χ1v) is 10.0. The third-order valence-corrected chi connectivity index (χ3v) is 6.01. The standard InChI is InChI=1S/C21H24ClN3O4/c1-21(2)11(8-17(27)29-21)4-5-16(26)25-19-18-13(9-14(22)20(19)28-3)12-6-7-23-10-15(12)24-18/h6-7,9,11,23-24H,4-5,8,10H2,1-3H3,(H,25,26). The van der Waals surface area contributed by atoms with Crippen molar-refractivity contribution >= 4 is 46.1 Å². The third-order valence-electron chi connectivity index (χ3n) is 5.73. The Morgan fingerprint density at radius 3 is 2.93 bits per heavy atom. The van der Waals surface area contributed by atoms with E-state index >= 15 is 0 Å². The minimum Gasteiger partial charge on any atom is -0.493 e. The van der Waals surface area contributed by atoms with Gasteiger partial charge in [0.25, 0.3) is 0 Å². The Morgan fingerprint density at radius 2 is 2.24 bits per heavy atom. The number of hydrogen-bond acceptors (Lipinski definition) is 5. The molecule has 154 valence electrons. The molecule has 29 heavy (non-hydrogen) atoms. The van der Waals surface area contributed by atoms with Crippen LogP contribution in [0.15, 0.2) is 12.3 Å². The maximum Gasteiger partial charge on any atom is 0.306 e. The summed E-state index contributed by atoms with van der Waals surface area (Å²) >= 11 is 6.44. The lowest BCUT2D eigenvalue weighted by Gasteiger charge is -2.24. The summed E-state index contributed by atoms with van der Waals surface area (Å²) in [7, 11) is 1.52. The van der Waals surface area contributed by atoms with Gasteiger partial charge in [0, 0.05) is 29.0 Å². The van der Waals surface area contributed by atoms with E-state index in [2.05, 4.69) is 15.6 Å². The molecule has 0 aliphatic carbocycles. The van der Waals surface area contributed by atoms with E-state index in [0.717, 1.165) is 22.2 Å². The maximum atomic E-state index is 12.8. The van der Waals surface area contributed by atoms with E-state index in [1.807, 2.05) is 32.2 Å². The summed E-state index contributed by atoms with van der Waals surface area (Å²) in [4.78, 5) is 27.7. The molecule has 1 atom stereocenters. The molecule has 1 aromatic heterocycles. The minimum absolute atomic E-state index is 0.0102. The number of benzene rings is 1. The van der Waals surface area contributed by atoms with Crippen LogP contribution in [0.25, 0.3) is 17.0 Å².